The number of nitrogens with zero attached hydrogens (tertiary/aromatic N) is 1. The van der Waals surface area contributed by atoms with Gasteiger partial charge in [0.05, 0.1) is 31.2 Å². The molecular formula is C28H26N2O6. The molecule has 184 valence electrons. The Labute approximate surface area is 208 Å². The molecule has 0 aliphatic carbocycles. The number of para-hydroxylation sites is 1. The van der Waals surface area contributed by atoms with Gasteiger partial charge < -0.3 is 14.6 Å². The van der Waals surface area contributed by atoms with Gasteiger partial charge in [-0.15, -0.1) is 0 Å². The summed E-state index contributed by atoms with van der Waals surface area (Å²) in [6, 6.07) is 21.6. The number of ether oxygens (including phenoxy) is 2. The van der Waals surface area contributed by atoms with Gasteiger partial charge in [-0.25, -0.2) is 9.69 Å². The van der Waals surface area contributed by atoms with Crippen molar-refractivity contribution < 1.29 is 29.0 Å². The van der Waals surface area contributed by atoms with E-state index in [0.29, 0.717) is 16.8 Å². The largest absolute Gasteiger partial charge is 0.504 e. The molecule has 2 fully saturated rings. The second-order valence-corrected chi connectivity index (χ2v) is 8.80. The minimum absolute atomic E-state index is 0.0600. The Morgan fingerprint density at radius 3 is 2.31 bits per heavy atom. The molecule has 2 saturated heterocycles. The number of benzene rings is 3. The van der Waals surface area contributed by atoms with E-state index in [1.807, 2.05) is 6.07 Å². The second-order valence-electron chi connectivity index (χ2n) is 8.80. The summed E-state index contributed by atoms with van der Waals surface area (Å²) in [7, 11) is 1.43. The van der Waals surface area contributed by atoms with Crippen LogP contribution in [0.1, 0.15) is 24.1 Å². The van der Waals surface area contributed by atoms with Crippen molar-refractivity contribution in [3.63, 3.8) is 0 Å². The molecule has 0 aromatic heterocycles. The fourth-order valence-corrected chi connectivity index (χ4v) is 5.43. The van der Waals surface area contributed by atoms with Crippen molar-refractivity contribution in [1.82, 2.24) is 5.32 Å². The minimum Gasteiger partial charge on any atom is -0.504 e. The number of phenols is 1. The third-order valence-electron chi connectivity index (χ3n) is 6.96. The van der Waals surface area contributed by atoms with Crippen LogP contribution in [0.4, 0.5) is 5.69 Å². The van der Waals surface area contributed by atoms with Crippen LogP contribution in [0.2, 0.25) is 0 Å². The number of rotatable bonds is 6. The van der Waals surface area contributed by atoms with Crippen molar-refractivity contribution in [1.29, 1.82) is 0 Å². The molecule has 2 heterocycles. The van der Waals surface area contributed by atoms with Gasteiger partial charge in [0.15, 0.2) is 17.0 Å². The first-order chi connectivity index (χ1) is 17.4. The van der Waals surface area contributed by atoms with Gasteiger partial charge in [0.1, 0.15) is 0 Å². The Morgan fingerprint density at radius 1 is 1.00 bits per heavy atom. The third kappa shape index (κ3) is 3.45. The van der Waals surface area contributed by atoms with Crippen molar-refractivity contribution in [2.24, 2.45) is 11.8 Å². The Hall–Kier alpha value is -4.17. The van der Waals surface area contributed by atoms with E-state index in [9.17, 15) is 19.5 Å². The van der Waals surface area contributed by atoms with Crippen LogP contribution in [0.15, 0.2) is 78.9 Å². The molecule has 5 rings (SSSR count). The van der Waals surface area contributed by atoms with Crippen LogP contribution in [-0.2, 0) is 24.7 Å². The third-order valence-corrected chi connectivity index (χ3v) is 6.96. The van der Waals surface area contributed by atoms with Gasteiger partial charge in [-0.05, 0) is 42.3 Å². The maximum atomic E-state index is 14.0. The number of nitrogens with one attached hydrogen (secondary N) is 1. The van der Waals surface area contributed by atoms with E-state index in [1.54, 1.807) is 73.7 Å². The van der Waals surface area contributed by atoms with E-state index in [0.717, 1.165) is 4.90 Å². The molecule has 0 radical (unpaired) electrons. The molecule has 8 nitrogen and oxygen atoms in total. The Morgan fingerprint density at radius 2 is 1.67 bits per heavy atom. The lowest BCUT2D eigenvalue weighted by Crippen LogP contribution is -2.54. The standard InChI is InChI=1S/C28H26N2O6/c1-3-36-27(34)28(18-10-6-4-7-11-18)23-22(24(29-28)17-14-15-20(31)21(16-17)35-2)25(32)30(26(23)33)19-12-8-5-9-13-19/h4-16,22-24,29,31H,3H2,1-2H3/t22-,23-,24+,28+/m0/s1. The zero-order valence-electron chi connectivity index (χ0n) is 19.9. The number of anilines is 1. The Balaban J connectivity index is 1.73. The average molecular weight is 487 g/mol. The molecular weight excluding hydrogens is 460 g/mol. The zero-order chi connectivity index (χ0) is 25.4. The number of aromatic hydroxyl groups is 1. The first-order valence-corrected chi connectivity index (χ1v) is 11.7. The molecule has 0 bridgehead atoms. The van der Waals surface area contributed by atoms with Crippen molar-refractivity contribution in [3.05, 3.63) is 90.0 Å². The monoisotopic (exact) mass is 486 g/mol. The number of carbonyl (C=O) groups is 3. The smallest absolute Gasteiger partial charge is 0.331 e. The number of amides is 2. The number of imide groups is 1. The second kappa shape index (κ2) is 9.13. The number of carbonyl (C=O) groups excluding carboxylic acids is 3. The Kier molecular flexibility index (Phi) is 5.97. The van der Waals surface area contributed by atoms with Gasteiger partial charge in [-0.1, -0.05) is 54.6 Å². The molecule has 2 N–H and O–H groups in total. The van der Waals surface area contributed by atoms with Gasteiger partial charge >= 0.3 is 5.97 Å². The maximum absolute atomic E-state index is 14.0. The number of phenolic OH excluding ortho intramolecular Hbond substituents is 1. The lowest BCUT2D eigenvalue weighted by Gasteiger charge is -2.33. The zero-order valence-corrected chi connectivity index (χ0v) is 19.9. The van der Waals surface area contributed by atoms with Gasteiger partial charge in [-0.3, -0.25) is 14.9 Å². The normalized spacial score (nSPS) is 25.1. The summed E-state index contributed by atoms with van der Waals surface area (Å²) < 4.78 is 10.8. The molecule has 2 aliphatic rings. The quantitative estimate of drug-likeness (QED) is 0.407. The fourth-order valence-electron chi connectivity index (χ4n) is 5.43. The van der Waals surface area contributed by atoms with Gasteiger partial charge in [0.25, 0.3) is 0 Å². The summed E-state index contributed by atoms with van der Waals surface area (Å²) in [4.78, 5) is 42.9. The highest BCUT2D eigenvalue weighted by Crippen LogP contribution is 2.54. The molecule has 0 saturated carbocycles. The number of hydrogen-bond acceptors (Lipinski definition) is 7. The van der Waals surface area contributed by atoms with Crippen molar-refractivity contribution >= 4 is 23.5 Å². The van der Waals surface area contributed by atoms with E-state index in [1.165, 1.54) is 13.2 Å². The maximum Gasteiger partial charge on any atom is 0.331 e. The lowest BCUT2D eigenvalue weighted by molar-refractivity contribution is -0.155. The molecule has 0 unspecified atom stereocenters. The first-order valence-electron chi connectivity index (χ1n) is 11.7. The minimum atomic E-state index is -1.60. The van der Waals surface area contributed by atoms with E-state index in [4.69, 9.17) is 9.47 Å². The summed E-state index contributed by atoms with van der Waals surface area (Å²) in [5.41, 5.74) is -0.0381. The van der Waals surface area contributed by atoms with Gasteiger partial charge in [0, 0.05) is 6.04 Å². The van der Waals surface area contributed by atoms with Crippen LogP contribution < -0.4 is 15.0 Å². The van der Waals surface area contributed by atoms with Gasteiger partial charge in [0.2, 0.25) is 11.8 Å². The van der Waals surface area contributed by atoms with Gasteiger partial charge in [-0.2, -0.15) is 0 Å². The molecule has 3 aromatic rings. The van der Waals surface area contributed by atoms with E-state index in [2.05, 4.69) is 5.32 Å². The highest BCUT2D eigenvalue weighted by atomic mass is 16.5. The van der Waals surface area contributed by atoms with Crippen molar-refractivity contribution in [2.75, 3.05) is 18.6 Å². The summed E-state index contributed by atoms with van der Waals surface area (Å²) >= 11 is 0. The SMILES string of the molecule is CCOC(=O)[C@]1(c2ccccc2)N[C@H](c2ccc(O)c(OC)c2)[C@H]2C(=O)N(c3ccccc3)C(=O)[C@H]21. The first kappa shape index (κ1) is 23.6. The highest BCUT2D eigenvalue weighted by Gasteiger charge is 2.69. The van der Waals surface area contributed by atoms with E-state index in [-0.39, 0.29) is 18.1 Å². The summed E-state index contributed by atoms with van der Waals surface area (Å²) in [6.45, 7) is 1.80. The molecule has 4 atom stereocenters. The van der Waals surface area contributed by atoms with Crippen LogP contribution in [0, 0.1) is 11.8 Å². The molecule has 3 aromatic carbocycles. The average Bonchev–Trinajstić information content (AvgIpc) is 3.40. The topological polar surface area (TPSA) is 105 Å². The molecule has 2 aliphatic heterocycles. The number of hydrogen-bond donors (Lipinski definition) is 2. The van der Waals surface area contributed by atoms with Crippen LogP contribution in [0.5, 0.6) is 11.5 Å². The summed E-state index contributed by atoms with van der Waals surface area (Å²) in [5.74, 6) is -3.33. The molecule has 2 amide bonds. The molecule has 8 heteroatoms. The summed E-state index contributed by atoms with van der Waals surface area (Å²) in [5, 5.41) is 13.5. The van der Waals surface area contributed by atoms with Crippen LogP contribution in [-0.4, -0.2) is 36.6 Å². The molecule has 0 spiro atoms. The van der Waals surface area contributed by atoms with Crippen LogP contribution in [0.25, 0.3) is 0 Å². The summed E-state index contributed by atoms with van der Waals surface area (Å²) in [6.07, 6.45) is 0. The van der Waals surface area contributed by atoms with Crippen molar-refractivity contribution in [3.8, 4) is 11.5 Å². The van der Waals surface area contributed by atoms with E-state index < -0.39 is 41.2 Å². The predicted molar refractivity (Wildman–Crippen MR) is 131 cm³/mol. The number of methoxy groups -OCH3 is 1. The highest BCUT2D eigenvalue weighted by molar-refractivity contribution is 6.24. The molecule has 36 heavy (non-hydrogen) atoms. The van der Waals surface area contributed by atoms with E-state index >= 15 is 0 Å². The fraction of sp³-hybridized carbons (Fsp3) is 0.250. The number of esters is 1. The van der Waals surface area contributed by atoms with Crippen LogP contribution >= 0.6 is 0 Å². The van der Waals surface area contributed by atoms with Crippen LogP contribution in [0.3, 0.4) is 0 Å². The number of fused-ring (bicyclic) bond motifs is 1. The lowest BCUT2D eigenvalue weighted by atomic mass is 9.75. The predicted octanol–water partition coefficient (Wildman–Crippen LogP) is 3.31. The van der Waals surface area contributed by atoms with Crippen molar-refractivity contribution in [2.45, 2.75) is 18.5 Å². The Bertz CT molecular complexity index is 1310.